The highest BCUT2D eigenvalue weighted by Gasteiger charge is 2.76. The molecule has 36 heavy (non-hydrogen) atoms. The maximum absolute atomic E-state index is 13.5. The molecular formula is C30H39N3O3. The first-order chi connectivity index (χ1) is 17.1. The number of fused-ring (bicyclic) bond motifs is 4. The number of piperidine rings is 2. The summed E-state index contributed by atoms with van der Waals surface area (Å²) in [5.74, 6) is -1.24. The first-order valence-electron chi connectivity index (χ1n) is 14.1. The number of hydrogen-bond donors (Lipinski definition) is 1. The Morgan fingerprint density at radius 1 is 1.08 bits per heavy atom. The molecule has 2 aliphatic heterocycles. The van der Waals surface area contributed by atoms with Crippen LogP contribution in [0.1, 0.15) is 108 Å². The van der Waals surface area contributed by atoms with Crippen LogP contribution in [0.2, 0.25) is 0 Å². The summed E-state index contributed by atoms with van der Waals surface area (Å²) in [5.41, 5.74) is 2.26. The SMILES string of the molecule is CC[C@]12CC3(C)C[C@@H](N4[C@H]5CCCC4(C)C[C@H](n4c(=O)c(C(=O)O)nc6ccccc64)C5)C[C@]1(C3)C2. The summed E-state index contributed by atoms with van der Waals surface area (Å²) in [7, 11) is 0. The molecule has 5 fully saturated rings. The van der Waals surface area contributed by atoms with Crippen LogP contribution in [0.3, 0.4) is 0 Å². The van der Waals surface area contributed by atoms with E-state index in [0.29, 0.717) is 33.8 Å². The Morgan fingerprint density at radius 3 is 2.64 bits per heavy atom. The molecule has 1 aromatic heterocycles. The zero-order valence-corrected chi connectivity index (χ0v) is 21.9. The lowest BCUT2D eigenvalue weighted by atomic mass is 9.66. The molecule has 7 rings (SSSR count). The third-order valence-corrected chi connectivity index (χ3v) is 11.5. The fraction of sp³-hybridized carbons (Fsp3) is 0.700. The summed E-state index contributed by atoms with van der Waals surface area (Å²) in [6, 6.07) is 8.62. The van der Waals surface area contributed by atoms with E-state index in [-0.39, 0.29) is 17.3 Å². The molecule has 0 amide bonds. The second-order valence-electron chi connectivity index (χ2n) is 13.8. The van der Waals surface area contributed by atoms with Crippen molar-refractivity contribution in [2.45, 2.75) is 115 Å². The molecular weight excluding hydrogens is 450 g/mol. The molecule has 1 spiro atoms. The monoisotopic (exact) mass is 489 g/mol. The minimum absolute atomic E-state index is 0.000213. The van der Waals surface area contributed by atoms with Crippen LogP contribution in [-0.4, -0.2) is 43.1 Å². The van der Waals surface area contributed by atoms with Gasteiger partial charge in [0.15, 0.2) is 0 Å². The van der Waals surface area contributed by atoms with Crippen molar-refractivity contribution in [2.75, 3.05) is 0 Å². The Balaban J connectivity index is 1.27. The van der Waals surface area contributed by atoms with Gasteiger partial charge in [-0.1, -0.05) is 32.4 Å². The second kappa shape index (κ2) is 7.21. The Hall–Kier alpha value is -2.21. The molecule has 2 saturated heterocycles. The minimum Gasteiger partial charge on any atom is -0.476 e. The Bertz CT molecular complexity index is 1340. The number of nitrogens with zero attached hydrogens (tertiary/aromatic N) is 3. The van der Waals surface area contributed by atoms with Crippen molar-refractivity contribution >= 4 is 17.0 Å². The summed E-state index contributed by atoms with van der Waals surface area (Å²) < 4.78 is 1.80. The van der Waals surface area contributed by atoms with Gasteiger partial charge < -0.3 is 9.67 Å². The summed E-state index contributed by atoms with van der Waals surface area (Å²) in [6.07, 6.45) is 13.7. The molecule has 5 aliphatic rings. The number of aromatic nitrogens is 2. The highest BCUT2D eigenvalue weighted by Crippen LogP contribution is 2.84. The maximum atomic E-state index is 13.5. The summed E-state index contributed by atoms with van der Waals surface area (Å²) in [5, 5.41) is 9.74. The van der Waals surface area contributed by atoms with Crippen molar-refractivity contribution in [3.63, 3.8) is 0 Å². The predicted molar refractivity (Wildman–Crippen MR) is 139 cm³/mol. The van der Waals surface area contributed by atoms with Crippen LogP contribution in [0, 0.1) is 16.2 Å². The van der Waals surface area contributed by atoms with Crippen molar-refractivity contribution in [1.29, 1.82) is 0 Å². The molecule has 6 nitrogen and oxygen atoms in total. The van der Waals surface area contributed by atoms with Gasteiger partial charge >= 0.3 is 5.97 Å². The van der Waals surface area contributed by atoms with Crippen molar-refractivity contribution < 1.29 is 9.90 Å². The van der Waals surface area contributed by atoms with Crippen LogP contribution in [0.25, 0.3) is 11.0 Å². The normalized spacial score (nSPS) is 43.4. The molecule has 1 N–H and O–H groups in total. The van der Waals surface area contributed by atoms with Crippen LogP contribution >= 0.6 is 0 Å². The lowest BCUT2D eigenvalue weighted by Crippen LogP contribution is -2.64. The van der Waals surface area contributed by atoms with Crippen LogP contribution < -0.4 is 5.56 Å². The van der Waals surface area contributed by atoms with Crippen LogP contribution in [0.15, 0.2) is 29.1 Å². The van der Waals surface area contributed by atoms with Gasteiger partial charge in [0.1, 0.15) is 0 Å². The zero-order valence-electron chi connectivity index (χ0n) is 21.9. The Kier molecular flexibility index (Phi) is 4.60. The summed E-state index contributed by atoms with van der Waals surface area (Å²) in [6.45, 7) is 7.41. The van der Waals surface area contributed by atoms with Crippen LogP contribution in [0.4, 0.5) is 0 Å². The largest absolute Gasteiger partial charge is 0.476 e. The van der Waals surface area contributed by atoms with E-state index in [0.717, 1.165) is 24.8 Å². The topological polar surface area (TPSA) is 75.4 Å². The van der Waals surface area contributed by atoms with E-state index >= 15 is 0 Å². The van der Waals surface area contributed by atoms with Crippen molar-refractivity contribution in [2.24, 2.45) is 16.2 Å². The van der Waals surface area contributed by atoms with Gasteiger partial charge in [0.2, 0.25) is 5.69 Å². The molecule has 4 bridgehead atoms. The fourth-order valence-corrected chi connectivity index (χ4v) is 10.6. The number of carbonyl (C=O) groups is 1. The van der Waals surface area contributed by atoms with Crippen molar-refractivity contribution in [3.8, 4) is 0 Å². The molecule has 2 unspecified atom stereocenters. The molecule has 0 radical (unpaired) electrons. The van der Waals surface area contributed by atoms with Gasteiger partial charge in [0.05, 0.1) is 11.0 Å². The van der Waals surface area contributed by atoms with E-state index in [4.69, 9.17) is 0 Å². The predicted octanol–water partition coefficient (Wildman–Crippen LogP) is 5.79. The maximum Gasteiger partial charge on any atom is 0.360 e. The number of carboxylic acid groups (broad SMARTS) is 1. The first kappa shape index (κ1) is 22.9. The van der Waals surface area contributed by atoms with Gasteiger partial charge in [-0.15, -0.1) is 0 Å². The zero-order chi connectivity index (χ0) is 25.1. The highest BCUT2D eigenvalue weighted by molar-refractivity contribution is 5.88. The molecule has 3 aliphatic carbocycles. The van der Waals surface area contributed by atoms with E-state index < -0.39 is 11.5 Å². The smallest absolute Gasteiger partial charge is 0.360 e. The van der Waals surface area contributed by atoms with Gasteiger partial charge in [-0.25, -0.2) is 9.78 Å². The van der Waals surface area contributed by atoms with E-state index in [2.05, 4.69) is 30.7 Å². The van der Waals surface area contributed by atoms with Gasteiger partial charge in [0, 0.05) is 23.7 Å². The van der Waals surface area contributed by atoms with Gasteiger partial charge in [-0.05, 0) is 99.5 Å². The third-order valence-electron chi connectivity index (χ3n) is 11.5. The van der Waals surface area contributed by atoms with Crippen molar-refractivity contribution in [3.05, 3.63) is 40.3 Å². The van der Waals surface area contributed by atoms with Crippen molar-refractivity contribution in [1.82, 2.24) is 14.5 Å². The van der Waals surface area contributed by atoms with Gasteiger partial charge in [-0.2, -0.15) is 0 Å². The number of benzene rings is 1. The number of rotatable bonds is 4. The molecule has 2 aromatic rings. The van der Waals surface area contributed by atoms with E-state index in [1.54, 1.807) is 4.57 Å². The number of hydrogen-bond acceptors (Lipinski definition) is 4. The minimum atomic E-state index is -1.24. The number of para-hydroxylation sites is 2. The average molecular weight is 490 g/mol. The number of carboxylic acids is 1. The lowest BCUT2D eigenvalue weighted by Gasteiger charge is -2.60. The van der Waals surface area contributed by atoms with E-state index in [1.807, 2.05) is 24.3 Å². The Morgan fingerprint density at radius 2 is 1.89 bits per heavy atom. The first-order valence-corrected chi connectivity index (χ1v) is 14.1. The number of aromatic carboxylic acids is 1. The van der Waals surface area contributed by atoms with Crippen LogP contribution in [0.5, 0.6) is 0 Å². The molecule has 3 saturated carbocycles. The van der Waals surface area contributed by atoms with E-state index in [1.165, 1.54) is 51.4 Å². The summed E-state index contributed by atoms with van der Waals surface area (Å²) >= 11 is 0. The van der Waals surface area contributed by atoms with Gasteiger partial charge in [0.25, 0.3) is 5.56 Å². The highest BCUT2D eigenvalue weighted by atomic mass is 16.4. The standard InChI is InChI=1S/C30H39N3O3/c1-4-29-16-27(2)13-21(15-30(29,17-27)18-29)33-19-8-7-11-28(33,3)14-20(12-19)32-23-10-6-5-9-22(23)31-24(25(32)34)26(35)36/h5-6,9-10,19-21H,4,7-8,11-18H2,1-3H3,(H,35,36)/t19-,20+,21+,27?,28?,29+,30-/m0/s1. The third kappa shape index (κ3) is 2.97. The molecule has 1 aromatic carbocycles. The average Bonchev–Trinajstić information content (AvgIpc) is 3.33. The lowest BCUT2D eigenvalue weighted by molar-refractivity contribution is -0.101. The molecule has 6 heteroatoms. The van der Waals surface area contributed by atoms with Gasteiger partial charge in [-0.3, -0.25) is 9.69 Å². The molecule has 7 atom stereocenters. The Labute approximate surface area is 213 Å². The fourth-order valence-electron chi connectivity index (χ4n) is 10.6. The quantitative estimate of drug-likeness (QED) is 0.588. The molecule has 3 heterocycles. The molecule has 192 valence electrons. The van der Waals surface area contributed by atoms with Crippen LogP contribution in [-0.2, 0) is 0 Å². The summed E-state index contributed by atoms with van der Waals surface area (Å²) in [4.78, 5) is 32.6. The second-order valence-corrected chi connectivity index (χ2v) is 13.8. The van der Waals surface area contributed by atoms with E-state index in [9.17, 15) is 14.7 Å².